The molecule has 5 heteroatoms. The molecule has 0 aliphatic rings. The highest BCUT2D eigenvalue weighted by atomic mass is 15.1. The van der Waals surface area contributed by atoms with Gasteiger partial charge in [-0.25, -0.2) is 4.98 Å². The Hall–Kier alpha value is -3.86. The summed E-state index contributed by atoms with van der Waals surface area (Å²) in [5.41, 5.74) is 5.07. The Kier molecular flexibility index (Phi) is 4.10. The van der Waals surface area contributed by atoms with E-state index in [2.05, 4.69) is 49.6 Å². The van der Waals surface area contributed by atoms with E-state index < -0.39 is 0 Å². The number of nitrogens with one attached hydrogen (secondary N) is 1. The van der Waals surface area contributed by atoms with Crippen LogP contribution in [-0.4, -0.2) is 18.9 Å². The van der Waals surface area contributed by atoms with E-state index >= 15 is 0 Å². The van der Waals surface area contributed by atoms with Crippen molar-refractivity contribution in [2.24, 2.45) is 0 Å². The molecule has 0 amide bonds. The summed E-state index contributed by atoms with van der Waals surface area (Å²) in [6.07, 6.45) is 7.72. The summed E-state index contributed by atoms with van der Waals surface area (Å²) in [5.74, 6) is 0.975. The van der Waals surface area contributed by atoms with Crippen LogP contribution >= 0.6 is 0 Å². The van der Waals surface area contributed by atoms with Crippen molar-refractivity contribution in [1.82, 2.24) is 18.9 Å². The average Bonchev–Trinajstić information content (AvgIpc) is 3.38. The minimum Gasteiger partial charge on any atom is -0.365 e. The van der Waals surface area contributed by atoms with Gasteiger partial charge in [-0.3, -0.25) is 9.38 Å². The quantitative estimate of drug-likeness (QED) is 0.487. The molecule has 1 aromatic carbocycles. The zero-order valence-electron chi connectivity index (χ0n) is 15.2. The van der Waals surface area contributed by atoms with Gasteiger partial charge in [-0.15, -0.1) is 0 Å². The highest BCUT2D eigenvalue weighted by Crippen LogP contribution is 2.31. The van der Waals surface area contributed by atoms with Crippen molar-refractivity contribution in [1.29, 1.82) is 0 Å². The normalized spacial score (nSPS) is 11.0. The van der Waals surface area contributed by atoms with Gasteiger partial charge in [-0.05, 0) is 42.0 Å². The first-order chi connectivity index (χ1) is 13.9. The number of fused-ring (bicyclic) bond motifs is 1. The molecule has 0 radical (unpaired) electrons. The van der Waals surface area contributed by atoms with Crippen LogP contribution in [-0.2, 0) is 6.54 Å². The lowest BCUT2D eigenvalue weighted by molar-refractivity contribution is 1.05. The van der Waals surface area contributed by atoms with E-state index in [0.29, 0.717) is 0 Å². The second-order valence-electron chi connectivity index (χ2n) is 6.55. The van der Waals surface area contributed by atoms with Crippen molar-refractivity contribution in [2.45, 2.75) is 6.54 Å². The molecule has 4 aromatic heterocycles. The van der Waals surface area contributed by atoms with Gasteiger partial charge in [0.15, 0.2) is 0 Å². The number of hydrogen-bond acceptors (Lipinski definition) is 3. The topological polar surface area (TPSA) is 47.2 Å². The third-order valence-electron chi connectivity index (χ3n) is 4.75. The fourth-order valence-electron chi connectivity index (χ4n) is 3.42. The Balaban J connectivity index is 1.62. The van der Waals surface area contributed by atoms with Crippen molar-refractivity contribution in [3.05, 3.63) is 103 Å². The predicted octanol–water partition coefficient (Wildman–Crippen LogP) is 4.80. The Labute approximate surface area is 162 Å². The van der Waals surface area contributed by atoms with E-state index in [1.165, 1.54) is 5.56 Å². The molecular weight excluding hydrogens is 346 g/mol. The van der Waals surface area contributed by atoms with Gasteiger partial charge in [0.1, 0.15) is 17.2 Å². The first-order valence-electron chi connectivity index (χ1n) is 9.23. The fourth-order valence-corrected chi connectivity index (χ4v) is 3.42. The van der Waals surface area contributed by atoms with Gasteiger partial charge < -0.3 is 9.88 Å². The Bertz CT molecular complexity index is 1210. The van der Waals surface area contributed by atoms with Gasteiger partial charge in [0.05, 0.1) is 17.6 Å². The van der Waals surface area contributed by atoms with Gasteiger partial charge >= 0.3 is 0 Å². The van der Waals surface area contributed by atoms with E-state index in [1.807, 2.05) is 61.1 Å². The van der Waals surface area contributed by atoms with Crippen molar-refractivity contribution >= 4 is 11.5 Å². The molecule has 1 N–H and O–H groups in total. The van der Waals surface area contributed by atoms with Crippen LogP contribution in [0.2, 0.25) is 0 Å². The Morgan fingerprint density at radius 1 is 0.821 bits per heavy atom. The lowest BCUT2D eigenvalue weighted by Crippen LogP contribution is -2.04. The number of pyridine rings is 2. The van der Waals surface area contributed by atoms with Gasteiger partial charge in [-0.1, -0.05) is 36.4 Å². The van der Waals surface area contributed by atoms with E-state index in [4.69, 9.17) is 4.98 Å². The number of anilines is 1. The summed E-state index contributed by atoms with van der Waals surface area (Å²) >= 11 is 0. The van der Waals surface area contributed by atoms with Crippen LogP contribution in [0, 0.1) is 0 Å². The number of nitrogens with zero attached hydrogens (tertiary/aromatic N) is 4. The molecule has 0 saturated heterocycles. The van der Waals surface area contributed by atoms with Crippen LogP contribution < -0.4 is 5.32 Å². The Morgan fingerprint density at radius 2 is 1.71 bits per heavy atom. The van der Waals surface area contributed by atoms with E-state index in [9.17, 15) is 0 Å². The summed E-state index contributed by atoms with van der Waals surface area (Å²) in [7, 11) is 0. The maximum atomic E-state index is 4.91. The van der Waals surface area contributed by atoms with Crippen LogP contribution in [0.3, 0.4) is 0 Å². The SMILES string of the molecule is c1ccc(CNc2c(-c3cccn3-c3cccnc3)nc3ccccn23)cc1. The monoisotopic (exact) mass is 365 g/mol. The molecule has 28 heavy (non-hydrogen) atoms. The second kappa shape index (κ2) is 7.04. The first kappa shape index (κ1) is 16.3. The van der Waals surface area contributed by atoms with Crippen LogP contribution in [0.5, 0.6) is 0 Å². The number of benzene rings is 1. The fraction of sp³-hybridized carbons (Fsp3) is 0.0435. The van der Waals surface area contributed by atoms with Crippen molar-refractivity contribution in [3.8, 4) is 17.1 Å². The number of aromatic nitrogens is 4. The molecule has 0 saturated carbocycles. The second-order valence-corrected chi connectivity index (χ2v) is 6.55. The van der Waals surface area contributed by atoms with Crippen LogP contribution in [0.1, 0.15) is 5.56 Å². The molecule has 5 nitrogen and oxygen atoms in total. The number of rotatable bonds is 5. The maximum Gasteiger partial charge on any atom is 0.140 e. The molecule has 5 aromatic rings. The Morgan fingerprint density at radius 3 is 2.57 bits per heavy atom. The minimum absolute atomic E-state index is 0.726. The van der Waals surface area contributed by atoms with E-state index in [-0.39, 0.29) is 0 Å². The molecule has 136 valence electrons. The van der Waals surface area contributed by atoms with E-state index in [1.54, 1.807) is 6.20 Å². The molecule has 0 fully saturated rings. The third-order valence-corrected chi connectivity index (χ3v) is 4.75. The predicted molar refractivity (Wildman–Crippen MR) is 112 cm³/mol. The average molecular weight is 365 g/mol. The van der Waals surface area contributed by atoms with Gasteiger partial charge in [0.25, 0.3) is 0 Å². The molecule has 5 rings (SSSR count). The lowest BCUT2D eigenvalue weighted by Gasteiger charge is -2.11. The molecule has 0 atom stereocenters. The molecule has 0 aliphatic carbocycles. The molecule has 0 bridgehead atoms. The summed E-state index contributed by atoms with van der Waals surface area (Å²) in [5, 5.41) is 3.59. The van der Waals surface area contributed by atoms with Crippen molar-refractivity contribution < 1.29 is 0 Å². The number of hydrogen-bond donors (Lipinski definition) is 1. The summed E-state index contributed by atoms with van der Waals surface area (Å²) in [6, 6.07) is 24.5. The summed E-state index contributed by atoms with van der Waals surface area (Å²) < 4.78 is 4.21. The smallest absolute Gasteiger partial charge is 0.140 e. The lowest BCUT2D eigenvalue weighted by atomic mass is 10.2. The highest BCUT2D eigenvalue weighted by Gasteiger charge is 2.17. The summed E-state index contributed by atoms with van der Waals surface area (Å²) in [4.78, 5) is 9.17. The molecule has 0 aliphatic heterocycles. The largest absolute Gasteiger partial charge is 0.365 e. The zero-order chi connectivity index (χ0) is 18.8. The maximum absolute atomic E-state index is 4.91. The van der Waals surface area contributed by atoms with Crippen LogP contribution in [0.4, 0.5) is 5.82 Å². The third kappa shape index (κ3) is 2.93. The van der Waals surface area contributed by atoms with Gasteiger partial charge in [0.2, 0.25) is 0 Å². The van der Waals surface area contributed by atoms with Gasteiger partial charge in [-0.2, -0.15) is 0 Å². The molecule has 0 unspecified atom stereocenters. The summed E-state index contributed by atoms with van der Waals surface area (Å²) in [6.45, 7) is 0.726. The molecule has 4 heterocycles. The zero-order valence-corrected chi connectivity index (χ0v) is 15.2. The van der Waals surface area contributed by atoms with Crippen molar-refractivity contribution in [3.63, 3.8) is 0 Å². The molecule has 0 spiro atoms. The van der Waals surface area contributed by atoms with Gasteiger partial charge in [0, 0.05) is 25.1 Å². The van der Waals surface area contributed by atoms with Crippen LogP contribution in [0.15, 0.2) is 97.6 Å². The molecular formula is C23H19N5. The highest BCUT2D eigenvalue weighted by molar-refractivity contribution is 5.76. The first-order valence-corrected chi connectivity index (χ1v) is 9.23. The number of imidazole rings is 1. The van der Waals surface area contributed by atoms with Crippen LogP contribution in [0.25, 0.3) is 22.7 Å². The van der Waals surface area contributed by atoms with E-state index in [0.717, 1.165) is 35.1 Å². The van der Waals surface area contributed by atoms with Crippen molar-refractivity contribution in [2.75, 3.05) is 5.32 Å². The minimum atomic E-state index is 0.726. The standard InChI is InChI=1S/C23H19N5/c1-2-8-18(9-3-1)16-25-23-22(26-21-12-4-5-14-28(21)23)20-11-7-15-27(20)19-10-6-13-24-17-19/h1-15,17,25H,16H2.